The van der Waals surface area contributed by atoms with Crippen LogP contribution in [0, 0.1) is 0 Å². The Labute approximate surface area is 140 Å². The average molecular weight is 358 g/mol. The van der Waals surface area contributed by atoms with Gasteiger partial charge in [0.15, 0.2) is 5.96 Å². The van der Waals surface area contributed by atoms with E-state index in [1.165, 1.54) is 11.3 Å². The minimum absolute atomic E-state index is 0.274. The Morgan fingerprint density at radius 2 is 2.30 bits per heavy atom. The first-order valence-electron chi connectivity index (χ1n) is 7.74. The molecule has 128 valence electrons. The van der Waals surface area contributed by atoms with E-state index in [9.17, 15) is 8.42 Å². The molecule has 2 saturated heterocycles. The van der Waals surface area contributed by atoms with Gasteiger partial charge >= 0.3 is 0 Å². The van der Waals surface area contributed by atoms with Crippen LogP contribution in [0.2, 0.25) is 0 Å². The fraction of sp³-hybridized carbons (Fsp3) is 0.643. The number of nitrogens with zero attached hydrogens (tertiary/aromatic N) is 1. The van der Waals surface area contributed by atoms with Crippen molar-refractivity contribution in [2.75, 3.05) is 20.1 Å². The summed E-state index contributed by atoms with van der Waals surface area (Å²) in [5.41, 5.74) is 0. The number of ether oxygens (including phenoxy) is 1. The molecular formula is C14H22N4O3S2. The molecule has 0 aliphatic carbocycles. The van der Waals surface area contributed by atoms with Crippen LogP contribution in [-0.2, 0) is 14.8 Å². The summed E-state index contributed by atoms with van der Waals surface area (Å²) in [4.78, 5) is 4.18. The summed E-state index contributed by atoms with van der Waals surface area (Å²) in [6, 6.07) is 3.61. The van der Waals surface area contributed by atoms with Crippen LogP contribution in [0.4, 0.5) is 0 Å². The van der Waals surface area contributed by atoms with Crippen LogP contribution in [0.5, 0.6) is 0 Å². The Balaban J connectivity index is 1.41. The molecule has 2 aliphatic rings. The van der Waals surface area contributed by atoms with Gasteiger partial charge < -0.3 is 15.4 Å². The SMILES string of the molecule is CN=C(NCCNS(=O)(=O)c1cccs1)NC1CC2CCC1O2. The van der Waals surface area contributed by atoms with Crippen LogP contribution < -0.4 is 15.4 Å². The van der Waals surface area contributed by atoms with Crippen molar-refractivity contribution in [3.63, 3.8) is 0 Å². The van der Waals surface area contributed by atoms with Crippen molar-refractivity contribution in [1.82, 2.24) is 15.4 Å². The Hall–Kier alpha value is -1.16. The molecule has 0 radical (unpaired) electrons. The lowest BCUT2D eigenvalue weighted by molar-refractivity contribution is 0.0992. The van der Waals surface area contributed by atoms with Crippen molar-refractivity contribution in [2.45, 2.75) is 41.7 Å². The Morgan fingerprint density at radius 1 is 1.43 bits per heavy atom. The number of nitrogens with one attached hydrogen (secondary N) is 3. The predicted octanol–water partition coefficient (Wildman–Crippen LogP) is 0.511. The summed E-state index contributed by atoms with van der Waals surface area (Å²) < 4.78 is 32.7. The van der Waals surface area contributed by atoms with Gasteiger partial charge in [0.2, 0.25) is 10.0 Å². The number of hydrogen-bond acceptors (Lipinski definition) is 5. The van der Waals surface area contributed by atoms with E-state index >= 15 is 0 Å². The van der Waals surface area contributed by atoms with Gasteiger partial charge in [0.05, 0.1) is 18.2 Å². The van der Waals surface area contributed by atoms with Crippen LogP contribution in [0.3, 0.4) is 0 Å². The third-order valence-electron chi connectivity index (χ3n) is 4.12. The second-order valence-corrected chi connectivity index (χ2v) is 8.63. The van der Waals surface area contributed by atoms with E-state index in [0.29, 0.717) is 35.4 Å². The molecule has 3 atom stereocenters. The number of sulfonamides is 1. The van der Waals surface area contributed by atoms with Crippen molar-refractivity contribution in [3.8, 4) is 0 Å². The Kier molecular flexibility index (Phi) is 5.20. The molecule has 3 rings (SSSR count). The fourth-order valence-electron chi connectivity index (χ4n) is 3.01. The molecule has 2 fully saturated rings. The van der Waals surface area contributed by atoms with Gasteiger partial charge in [0, 0.05) is 20.1 Å². The summed E-state index contributed by atoms with van der Waals surface area (Å²) in [5.74, 6) is 0.682. The number of hydrogen-bond donors (Lipinski definition) is 3. The Morgan fingerprint density at radius 3 is 2.91 bits per heavy atom. The fourth-order valence-corrected chi connectivity index (χ4v) is 5.08. The zero-order chi connectivity index (χ0) is 16.3. The highest BCUT2D eigenvalue weighted by Gasteiger charge is 2.41. The minimum atomic E-state index is -3.40. The highest BCUT2D eigenvalue weighted by molar-refractivity contribution is 7.91. The Bertz CT molecular complexity index is 645. The first-order chi connectivity index (χ1) is 11.1. The summed E-state index contributed by atoms with van der Waals surface area (Å²) in [6.07, 6.45) is 3.92. The van der Waals surface area contributed by atoms with Gasteiger partial charge in [-0.15, -0.1) is 11.3 Å². The topological polar surface area (TPSA) is 91.8 Å². The van der Waals surface area contributed by atoms with Crippen molar-refractivity contribution in [1.29, 1.82) is 0 Å². The lowest BCUT2D eigenvalue weighted by atomic mass is 9.96. The van der Waals surface area contributed by atoms with E-state index in [-0.39, 0.29) is 6.10 Å². The lowest BCUT2D eigenvalue weighted by Gasteiger charge is -2.22. The summed E-state index contributed by atoms with van der Waals surface area (Å²) >= 11 is 1.21. The van der Waals surface area contributed by atoms with Crippen molar-refractivity contribution >= 4 is 27.3 Å². The maximum absolute atomic E-state index is 12.0. The molecule has 9 heteroatoms. The molecule has 3 unspecified atom stereocenters. The summed E-state index contributed by atoms with van der Waals surface area (Å²) in [5, 5.41) is 8.24. The molecular weight excluding hydrogens is 336 g/mol. The van der Waals surface area contributed by atoms with Gasteiger partial charge in [-0.3, -0.25) is 4.99 Å². The molecule has 3 heterocycles. The van der Waals surface area contributed by atoms with E-state index in [1.807, 2.05) is 0 Å². The van der Waals surface area contributed by atoms with Gasteiger partial charge in [-0.05, 0) is 30.7 Å². The van der Waals surface area contributed by atoms with Crippen LogP contribution in [0.25, 0.3) is 0 Å². The van der Waals surface area contributed by atoms with Crippen molar-refractivity contribution < 1.29 is 13.2 Å². The molecule has 3 N–H and O–H groups in total. The van der Waals surface area contributed by atoms with Gasteiger partial charge in [-0.1, -0.05) is 6.07 Å². The van der Waals surface area contributed by atoms with Gasteiger partial charge in [-0.2, -0.15) is 0 Å². The van der Waals surface area contributed by atoms with Crippen LogP contribution in [0.15, 0.2) is 26.7 Å². The number of guanidine groups is 1. The van der Waals surface area contributed by atoms with Gasteiger partial charge in [0.25, 0.3) is 0 Å². The second-order valence-electron chi connectivity index (χ2n) is 5.69. The first kappa shape index (κ1) is 16.7. The van der Waals surface area contributed by atoms with Gasteiger partial charge in [-0.25, -0.2) is 13.1 Å². The van der Waals surface area contributed by atoms with E-state index in [0.717, 1.165) is 19.3 Å². The second kappa shape index (κ2) is 7.16. The number of thiophene rings is 1. The van der Waals surface area contributed by atoms with E-state index in [1.54, 1.807) is 24.6 Å². The molecule has 0 amide bonds. The highest BCUT2D eigenvalue weighted by atomic mass is 32.2. The molecule has 0 aromatic carbocycles. The smallest absolute Gasteiger partial charge is 0.250 e. The molecule has 0 spiro atoms. The quantitative estimate of drug-likeness (QED) is 0.392. The molecule has 1 aromatic rings. The molecule has 2 aliphatic heterocycles. The zero-order valence-corrected chi connectivity index (χ0v) is 14.6. The third-order valence-corrected chi connectivity index (χ3v) is 6.98. The number of rotatable bonds is 6. The highest BCUT2D eigenvalue weighted by Crippen LogP contribution is 2.34. The maximum atomic E-state index is 12.0. The summed E-state index contributed by atoms with van der Waals surface area (Å²) in [7, 11) is -1.70. The summed E-state index contributed by atoms with van der Waals surface area (Å²) in [6.45, 7) is 0.764. The van der Waals surface area contributed by atoms with Crippen LogP contribution in [-0.4, -0.2) is 52.8 Å². The van der Waals surface area contributed by atoms with E-state index in [4.69, 9.17) is 4.74 Å². The first-order valence-corrected chi connectivity index (χ1v) is 10.1. The monoisotopic (exact) mass is 358 g/mol. The lowest BCUT2D eigenvalue weighted by Crippen LogP contribution is -2.48. The minimum Gasteiger partial charge on any atom is -0.373 e. The largest absolute Gasteiger partial charge is 0.373 e. The molecule has 2 bridgehead atoms. The van der Waals surface area contributed by atoms with E-state index < -0.39 is 10.0 Å². The van der Waals surface area contributed by atoms with E-state index in [2.05, 4.69) is 20.3 Å². The molecule has 1 aromatic heterocycles. The standard InChI is InChI=1S/C14H22N4O3S2/c1-15-14(18-11-9-10-4-5-12(11)21-10)16-6-7-17-23(19,20)13-3-2-8-22-13/h2-3,8,10-12,17H,4-7,9H2,1H3,(H2,15,16,18). The zero-order valence-electron chi connectivity index (χ0n) is 13.0. The molecule has 23 heavy (non-hydrogen) atoms. The third kappa shape index (κ3) is 4.03. The van der Waals surface area contributed by atoms with Crippen molar-refractivity contribution in [2.24, 2.45) is 4.99 Å². The normalized spacial score (nSPS) is 27.3. The molecule has 7 nitrogen and oxygen atoms in total. The number of fused-ring (bicyclic) bond motifs is 2. The van der Waals surface area contributed by atoms with Crippen LogP contribution >= 0.6 is 11.3 Å². The maximum Gasteiger partial charge on any atom is 0.250 e. The molecule has 0 saturated carbocycles. The number of aliphatic imine (C=N–C) groups is 1. The van der Waals surface area contributed by atoms with Crippen molar-refractivity contribution in [3.05, 3.63) is 17.5 Å². The van der Waals surface area contributed by atoms with Crippen LogP contribution in [0.1, 0.15) is 19.3 Å². The average Bonchev–Trinajstić information content (AvgIpc) is 3.27. The predicted molar refractivity (Wildman–Crippen MR) is 90.3 cm³/mol. The van der Waals surface area contributed by atoms with Gasteiger partial charge in [0.1, 0.15) is 4.21 Å².